The highest BCUT2D eigenvalue weighted by Gasteiger charge is 2.30. The molecule has 1 fully saturated rings. The van der Waals surface area contributed by atoms with Gasteiger partial charge in [-0.15, -0.1) is 0 Å². The van der Waals surface area contributed by atoms with Gasteiger partial charge >= 0.3 is 12.7 Å². The SMILES string of the molecule is CC1CNCC(C)N1C(=O)OCc1c(F)cc(OC(F)F)cc1F. The van der Waals surface area contributed by atoms with Gasteiger partial charge in [-0.25, -0.2) is 13.6 Å². The zero-order valence-electron chi connectivity index (χ0n) is 13.2. The van der Waals surface area contributed by atoms with Crippen LogP contribution in [0, 0.1) is 11.6 Å². The quantitative estimate of drug-likeness (QED) is 0.849. The predicted molar refractivity (Wildman–Crippen MR) is 76.8 cm³/mol. The summed E-state index contributed by atoms with van der Waals surface area (Å²) in [6.45, 7) is 0.977. The van der Waals surface area contributed by atoms with Crippen molar-refractivity contribution in [2.24, 2.45) is 0 Å². The highest BCUT2D eigenvalue weighted by Crippen LogP contribution is 2.23. The molecule has 2 rings (SSSR count). The third-order valence-electron chi connectivity index (χ3n) is 3.72. The van der Waals surface area contributed by atoms with E-state index < -0.39 is 42.3 Å². The Labute approximate surface area is 136 Å². The van der Waals surface area contributed by atoms with Gasteiger partial charge in [0, 0.05) is 37.3 Å². The van der Waals surface area contributed by atoms with E-state index in [9.17, 15) is 22.4 Å². The number of hydrogen-bond donors (Lipinski definition) is 1. The number of nitrogens with zero attached hydrogens (tertiary/aromatic N) is 1. The van der Waals surface area contributed by atoms with Crippen molar-refractivity contribution in [1.82, 2.24) is 10.2 Å². The lowest BCUT2D eigenvalue weighted by Crippen LogP contribution is -2.57. The fourth-order valence-electron chi connectivity index (χ4n) is 2.59. The van der Waals surface area contributed by atoms with E-state index in [1.165, 1.54) is 4.90 Å². The molecule has 2 atom stereocenters. The Morgan fingerprint density at radius 3 is 2.29 bits per heavy atom. The molecular formula is C15H18F4N2O3. The second-order valence-electron chi connectivity index (χ2n) is 5.56. The van der Waals surface area contributed by atoms with Crippen LogP contribution in [0.5, 0.6) is 5.75 Å². The number of benzene rings is 1. The molecule has 1 heterocycles. The maximum Gasteiger partial charge on any atom is 0.410 e. The van der Waals surface area contributed by atoms with Crippen LogP contribution in [0.3, 0.4) is 0 Å². The van der Waals surface area contributed by atoms with Gasteiger partial charge in [-0.05, 0) is 13.8 Å². The minimum Gasteiger partial charge on any atom is -0.444 e. The van der Waals surface area contributed by atoms with Gasteiger partial charge in [0.25, 0.3) is 0 Å². The number of hydrogen-bond acceptors (Lipinski definition) is 4. The van der Waals surface area contributed by atoms with Crippen molar-refractivity contribution in [2.45, 2.75) is 39.1 Å². The van der Waals surface area contributed by atoms with E-state index in [4.69, 9.17) is 4.74 Å². The monoisotopic (exact) mass is 350 g/mol. The van der Waals surface area contributed by atoms with Crippen LogP contribution >= 0.6 is 0 Å². The number of nitrogens with one attached hydrogen (secondary N) is 1. The molecule has 134 valence electrons. The van der Waals surface area contributed by atoms with Crippen molar-refractivity contribution in [1.29, 1.82) is 0 Å². The standard InChI is InChI=1S/C15H18F4N2O3/c1-8-5-20-6-9(2)21(8)15(22)23-7-11-12(16)3-10(4-13(11)17)24-14(18)19/h3-4,8-9,14,20H,5-7H2,1-2H3. The lowest BCUT2D eigenvalue weighted by molar-refractivity contribution is -0.0501. The van der Waals surface area contributed by atoms with Crippen LogP contribution in [0.25, 0.3) is 0 Å². The first-order valence-corrected chi connectivity index (χ1v) is 7.38. The topological polar surface area (TPSA) is 50.8 Å². The summed E-state index contributed by atoms with van der Waals surface area (Å²) in [6, 6.07) is 0.985. The van der Waals surface area contributed by atoms with Gasteiger partial charge in [-0.2, -0.15) is 8.78 Å². The Hall–Kier alpha value is -2.03. The van der Waals surface area contributed by atoms with Crippen LogP contribution in [0.15, 0.2) is 12.1 Å². The van der Waals surface area contributed by atoms with Crippen molar-refractivity contribution in [2.75, 3.05) is 13.1 Å². The summed E-state index contributed by atoms with van der Waals surface area (Å²) in [7, 11) is 0. The summed E-state index contributed by atoms with van der Waals surface area (Å²) in [6.07, 6.45) is -0.691. The molecule has 9 heteroatoms. The highest BCUT2D eigenvalue weighted by molar-refractivity contribution is 5.68. The first-order chi connectivity index (χ1) is 11.3. The molecule has 0 saturated carbocycles. The number of rotatable bonds is 4. The Morgan fingerprint density at radius 1 is 1.25 bits per heavy atom. The number of carbonyl (C=O) groups excluding carboxylic acids is 1. The molecule has 5 nitrogen and oxygen atoms in total. The van der Waals surface area contributed by atoms with E-state index in [2.05, 4.69) is 10.1 Å². The minimum atomic E-state index is -3.19. The summed E-state index contributed by atoms with van der Waals surface area (Å²) in [5, 5.41) is 3.14. The molecule has 1 aliphatic rings. The molecule has 1 aromatic carbocycles. The van der Waals surface area contributed by atoms with E-state index in [1.54, 1.807) is 0 Å². The number of piperazine rings is 1. The molecule has 0 bridgehead atoms. The first-order valence-electron chi connectivity index (χ1n) is 7.38. The number of carbonyl (C=O) groups is 1. The minimum absolute atomic E-state index is 0.127. The van der Waals surface area contributed by atoms with Gasteiger partial charge < -0.3 is 19.7 Å². The van der Waals surface area contributed by atoms with Gasteiger partial charge in [0.15, 0.2) is 0 Å². The van der Waals surface area contributed by atoms with Gasteiger partial charge in [0.05, 0.1) is 5.56 Å². The number of ether oxygens (including phenoxy) is 2. The van der Waals surface area contributed by atoms with Crippen LogP contribution < -0.4 is 10.1 Å². The Morgan fingerprint density at radius 2 is 1.79 bits per heavy atom. The summed E-state index contributed by atoms with van der Waals surface area (Å²) >= 11 is 0. The maximum absolute atomic E-state index is 13.8. The lowest BCUT2D eigenvalue weighted by atomic mass is 10.1. The molecule has 1 amide bonds. The van der Waals surface area contributed by atoms with Crippen LogP contribution in [0.1, 0.15) is 19.4 Å². The number of amides is 1. The molecule has 1 saturated heterocycles. The molecule has 0 aliphatic carbocycles. The van der Waals surface area contributed by atoms with Gasteiger partial charge in [0.1, 0.15) is 24.0 Å². The summed E-state index contributed by atoms with van der Waals surface area (Å²) in [4.78, 5) is 13.6. The smallest absolute Gasteiger partial charge is 0.410 e. The molecular weight excluding hydrogens is 332 g/mol. The fraction of sp³-hybridized carbons (Fsp3) is 0.533. The third-order valence-corrected chi connectivity index (χ3v) is 3.72. The van der Waals surface area contributed by atoms with Crippen molar-refractivity contribution < 1.29 is 31.8 Å². The van der Waals surface area contributed by atoms with Crippen LogP contribution in [-0.4, -0.2) is 42.8 Å². The van der Waals surface area contributed by atoms with Crippen LogP contribution in [0.2, 0.25) is 0 Å². The van der Waals surface area contributed by atoms with E-state index in [-0.39, 0.29) is 12.1 Å². The zero-order valence-corrected chi connectivity index (χ0v) is 13.2. The molecule has 0 aromatic heterocycles. The second-order valence-corrected chi connectivity index (χ2v) is 5.56. The van der Waals surface area contributed by atoms with Crippen molar-refractivity contribution in [3.8, 4) is 5.75 Å². The molecule has 2 unspecified atom stereocenters. The summed E-state index contributed by atoms with van der Waals surface area (Å²) in [5.41, 5.74) is -0.527. The molecule has 0 radical (unpaired) electrons. The summed E-state index contributed by atoms with van der Waals surface area (Å²) < 4.78 is 60.7. The van der Waals surface area contributed by atoms with Crippen LogP contribution in [0.4, 0.5) is 22.4 Å². The first kappa shape index (κ1) is 18.3. The largest absolute Gasteiger partial charge is 0.444 e. The molecule has 1 N–H and O–H groups in total. The average molecular weight is 350 g/mol. The van der Waals surface area contributed by atoms with E-state index in [0.29, 0.717) is 25.2 Å². The third kappa shape index (κ3) is 4.28. The number of alkyl halides is 2. The summed E-state index contributed by atoms with van der Waals surface area (Å²) in [5.74, 6) is -2.89. The average Bonchev–Trinajstić information content (AvgIpc) is 2.45. The van der Waals surface area contributed by atoms with E-state index >= 15 is 0 Å². The van der Waals surface area contributed by atoms with Crippen molar-refractivity contribution >= 4 is 6.09 Å². The Balaban J connectivity index is 2.04. The number of halogens is 4. The second kappa shape index (κ2) is 7.69. The van der Waals surface area contributed by atoms with Gasteiger partial charge in [-0.3, -0.25) is 0 Å². The maximum atomic E-state index is 13.8. The highest BCUT2D eigenvalue weighted by atomic mass is 19.3. The van der Waals surface area contributed by atoms with Gasteiger partial charge in [-0.1, -0.05) is 0 Å². The molecule has 1 aliphatic heterocycles. The molecule has 24 heavy (non-hydrogen) atoms. The van der Waals surface area contributed by atoms with Gasteiger partial charge in [0.2, 0.25) is 0 Å². The van der Waals surface area contributed by atoms with E-state index in [1.807, 2.05) is 13.8 Å². The van der Waals surface area contributed by atoms with Crippen molar-refractivity contribution in [3.63, 3.8) is 0 Å². The lowest BCUT2D eigenvalue weighted by Gasteiger charge is -2.38. The molecule has 1 aromatic rings. The fourth-order valence-corrected chi connectivity index (χ4v) is 2.59. The van der Waals surface area contributed by atoms with Crippen LogP contribution in [-0.2, 0) is 11.3 Å². The normalized spacial score (nSPS) is 21.0. The Bertz CT molecular complexity index is 567. The zero-order chi connectivity index (χ0) is 17.9. The predicted octanol–water partition coefficient (Wildman–Crippen LogP) is 2.89. The Kier molecular flexibility index (Phi) is 5.87. The van der Waals surface area contributed by atoms with E-state index in [0.717, 1.165) is 0 Å². The van der Waals surface area contributed by atoms with Crippen molar-refractivity contribution in [3.05, 3.63) is 29.3 Å². The molecule has 0 spiro atoms.